The zero-order chi connectivity index (χ0) is 14.3. The van der Waals surface area contributed by atoms with Gasteiger partial charge in [-0.1, -0.05) is 30.3 Å². The Hall–Kier alpha value is -1.68. The highest BCUT2D eigenvalue weighted by Crippen LogP contribution is 2.54. The minimum Gasteiger partial charge on any atom is -0.389 e. The van der Waals surface area contributed by atoms with Crippen molar-refractivity contribution in [2.45, 2.75) is 51.2 Å². The first-order chi connectivity index (χ1) is 9.44. The molecule has 106 valence electrons. The number of aromatic nitrogens is 3. The van der Waals surface area contributed by atoms with Gasteiger partial charge in [0.1, 0.15) is 11.6 Å². The van der Waals surface area contributed by atoms with E-state index in [1.807, 2.05) is 17.7 Å². The van der Waals surface area contributed by atoms with Crippen LogP contribution in [-0.2, 0) is 6.54 Å². The Bertz CT molecular complexity index is 598. The van der Waals surface area contributed by atoms with E-state index < -0.39 is 5.60 Å². The summed E-state index contributed by atoms with van der Waals surface area (Å²) in [7, 11) is 0. The van der Waals surface area contributed by atoms with Crippen LogP contribution in [0.2, 0.25) is 0 Å². The van der Waals surface area contributed by atoms with Gasteiger partial charge in [-0.25, -0.2) is 9.67 Å². The molecule has 0 radical (unpaired) electrons. The number of benzene rings is 1. The summed E-state index contributed by atoms with van der Waals surface area (Å²) in [6.45, 7) is 6.00. The zero-order valence-electron chi connectivity index (χ0n) is 12.2. The monoisotopic (exact) mass is 271 g/mol. The molecule has 1 aliphatic carbocycles. The van der Waals surface area contributed by atoms with Gasteiger partial charge in [0.05, 0.1) is 12.1 Å². The number of nitrogens with zero attached hydrogens (tertiary/aromatic N) is 3. The maximum atomic E-state index is 10.0. The second-order valence-corrected chi connectivity index (χ2v) is 6.35. The third-order valence-corrected chi connectivity index (χ3v) is 3.69. The van der Waals surface area contributed by atoms with Gasteiger partial charge in [0.25, 0.3) is 0 Å². The van der Waals surface area contributed by atoms with Crippen molar-refractivity contribution >= 4 is 0 Å². The molecule has 3 rings (SSSR count). The second kappa shape index (κ2) is 4.70. The van der Waals surface area contributed by atoms with E-state index in [0.29, 0.717) is 18.4 Å². The molecule has 4 nitrogen and oxygen atoms in total. The lowest BCUT2D eigenvalue weighted by Crippen LogP contribution is -2.27. The van der Waals surface area contributed by atoms with Gasteiger partial charge in [0.15, 0.2) is 0 Å². The first-order valence-electron chi connectivity index (χ1n) is 7.13. The molecule has 1 saturated carbocycles. The standard InChI is InChI=1S/C16H21N3O/c1-11-17-15(19(18-11)10-16(2,3)20)14-9-13(14)12-7-5-4-6-8-12/h4-8,13-14,20H,9-10H2,1-3H3/t13-,14+/m0/s1. The molecule has 0 saturated heterocycles. The number of hydrogen-bond donors (Lipinski definition) is 1. The average Bonchev–Trinajstić information content (AvgIpc) is 3.08. The summed E-state index contributed by atoms with van der Waals surface area (Å²) in [5, 5.41) is 14.4. The lowest BCUT2D eigenvalue weighted by Gasteiger charge is -2.18. The highest BCUT2D eigenvalue weighted by atomic mass is 16.3. The lowest BCUT2D eigenvalue weighted by molar-refractivity contribution is 0.0565. The van der Waals surface area contributed by atoms with E-state index in [9.17, 15) is 5.11 Å². The van der Waals surface area contributed by atoms with Gasteiger partial charge in [-0.3, -0.25) is 0 Å². The van der Waals surface area contributed by atoms with Gasteiger partial charge < -0.3 is 5.11 Å². The molecular weight excluding hydrogens is 250 g/mol. The van der Waals surface area contributed by atoms with Crippen LogP contribution in [0.5, 0.6) is 0 Å². The molecular formula is C16H21N3O. The maximum Gasteiger partial charge on any atom is 0.147 e. The molecule has 0 amide bonds. The number of rotatable bonds is 4. The highest BCUT2D eigenvalue weighted by molar-refractivity contribution is 5.31. The SMILES string of the molecule is Cc1nc([C@@H]2C[C@H]2c2ccccc2)n(CC(C)(C)O)n1. The Labute approximate surface area is 119 Å². The topological polar surface area (TPSA) is 50.9 Å². The third kappa shape index (κ3) is 2.75. The summed E-state index contributed by atoms with van der Waals surface area (Å²) in [6, 6.07) is 10.6. The molecule has 0 unspecified atom stereocenters. The summed E-state index contributed by atoms with van der Waals surface area (Å²) in [5.74, 6) is 2.77. The van der Waals surface area contributed by atoms with Crippen molar-refractivity contribution in [1.82, 2.24) is 14.8 Å². The van der Waals surface area contributed by atoms with Crippen molar-refractivity contribution in [2.24, 2.45) is 0 Å². The first-order valence-corrected chi connectivity index (χ1v) is 7.13. The van der Waals surface area contributed by atoms with E-state index in [1.165, 1.54) is 5.56 Å². The van der Waals surface area contributed by atoms with Gasteiger partial charge in [0.2, 0.25) is 0 Å². The largest absolute Gasteiger partial charge is 0.389 e. The van der Waals surface area contributed by atoms with Gasteiger partial charge in [-0.05, 0) is 38.7 Å². The zero-order valence-corrected chi connectivity index (χ0v) is 12.2. The van der Waals surface area contributed by atoms with Crippen LogP contribution in [0.1, 0.15) is 49.3 Å². The van der Waals surface area contributed by atoms with E-state index in [-0.39, 0.29) is 0 Å². The second-order valence-electron chi connectivity index (χ2n) is 6.35. The van der Waals surface area contributed by atoms with E-state index in [2.05, 4.69) is 34.3 Å². The van der Waals surface area contributed by atoms with Crippen LogP contribution >= 0.6 is 0 Å². The van der Waals surface area contributed by atoms with Crippen molar-refractivity contribution in [3.05, 3.63) is 47.5 Å². The molecule has 0 spiro atoms. The van der Waals surface area contributed by atoms with Crippen LogP contribution in [0.3, 0.4) is 0 Å². The Balaban J connectivity index is 1.82. The van der Waals surface area contributed by atoms with Crippen LogP contribution in [-0.4, -0.2) is 25.5 Å². The molecule has 1 aromatic heterocycles. The van der Waals surface area contributed by atoms with Crippen LogP contribution in [0.15, 0.2) is 30.3 Å². The van der Waals surface area contributed by atoms with Crippen molar-refractivity contribution in [3.8, 4) is 0 Å². The van der Waals surface area contributed by atoms with Crippen LogP contribution in [0.25, 0.3) is 0 Å². The minimum atomic E-state index is -0.772. The predicted molar refractivity (Wildman–Crippen MR) is 77.6 cm³/mol. The van der Waals surface area contributed by atoms with Crippen LogP contribution < -0.4 is 0 Å². The Morgan fingerprint density at radius 3 is 2.60 bits per heavy atom. The summed E-state index contributed by atoms with van der Waals surface area (Å²) in [6.07, 6.45) is 1.12. The predicted octanol–water partition coefficient (Wildman–Crippen LogP) is 2.63. The molecule has 1 aliphatic rings. The van der Waals surface area contributed by atoms with Crippen LogP contribution in [0, 0.1) is 6.92 Å². The fourth-order valence-corrected chi connectivity index (χ4v) is 2.78. The molecule has 1 fully saturated rings. The molecule has 4 heteroatoms. The van der Waals surface area contributed by atoms with E-state index in [4.69, 9.17) is 0 Å². The van der Waals surface area contributed by atoms with Gasteiger partial charge in [-0.15, -0.1) is 0 Å². The van der Waals surface area contributed by atoms with E-state index in [0.717, 1.165) is 18.1 Å². The molecule has 2 aromatic rings. The van der Waals surface area contributed by atoms with Gasteiger partial charge in [-0.2, -0.15) is 5.10 Å². The normalized spacial score (nSPS) is 22.0. The fraction of sp³-hybridized carbons (Fsp3) is 0.500. The summed E-state index contributed by atoms with van der Waals surface area (Å²) in [4.78, 5) is 4.57. The highest BCUT2D eigenvalue weighted by Gasteiger charge is 2.43. The Morgan fingerprint density at radius 2 is 1.95 bits per heavy atom. The third-order valence-electron chi connectivity index (χ3n) is 3.69. The van der Waals surface area contributed by atoms with Crippen molar-refractivity contribution in [1.29, 1.82) is 0 Å². The Kier molecular flexibility index (Phi) is 3.13. The maximum absolute atomic E-state index is 10.0. The number of hydrogen-bond acceptors (Lipinski definition) is 3. The number of aryl methyl sites for hydroxylation is 1. The molecule has 2 atom stereocenters. The summed E-state index contributed by atoms with van der Waals surface area (Å²) in [5.41, 5.74) is 0.597. The summed E-state index contributed by atoms with van der Waals surface area (Å²) < 4.78 is 1.88. The van der Waals surface area contributed by atoms with Crippen molar-refractivity contribution in [2.75, 3.05) is 0 Å². The molecule has 20 heavy (non-hydrogen) atoms. The molecule has 0 aliphatic heterocycles. The molecule has 1 heterocycles. The van der Waals surface area contributed by atoms with Gasteiger partial charge in [0, 0.05) is 5.92 Å². The molecule has 1 N–H and O–H groups in total. The number of aliphatic hydroxyl groups is 1. The lowest BCUT2D eigenvalue weighted by atomic mass is 10.1. The smallest absolute Gasteiger partial charge is 0.147 e. The molecule has 1 aromatic carbocycles. The quantitative estimate of drug-likeness (QED) is 0.930. The fourth-order valence-electron chi connectivity index (χ4n) is 2.78. The van der Waals surface area contributed by atoms with E-state index >= 15 is 0 Å². The van der Waals surface area contributed by atoms with Gasteiger partial charge >= 0.3 is 0 Å². The van der Waals surface area contributed by atoms with Crippen LogP contribution in [0.4, 0.5) is 0 Å². The minimum absolute atomic E-state index is 0.431. The van der Waals surface area contributed by atoms with Crippen molar-refractivity contribution < 1.29 is 5.11 Å². The summed E-state index contributed by atoms with van der Waals surface area (Å²) >= 11 is 0. The molecule has 0 bridgehead atoms. The van der Waals surface area contributed by atoms with E-state index in [1.54, 1.807) is 13.8 Å². The first kappa shape index (κ1) is 13.3. The average molecular weight is 271 g/mol. The van der Waals surface area contributed by atoms with Crippen molar-refractivity contribution in [3.63, 3.8) is 0 Å². The Morgan fingerprint density at radius 1 is 1.25 bits per heavy atom.